The summed E-state index contributed by atoms with van der Waals surface area (Å²) in [6, 6.07) is 6.99. The van der Waals surface area contributed by atoms with Crippen LogP contribution in [0.15, 0.2) is 36.8 Å². The van der Waals surface area contributed by atoms with Crippen molar-refractivity contribution in [1.82, 2.24) is 19.9 Å². The van der Waals surface area contributed by atoms with E-state index in [-0.39, 0.29) is 22.9 Å². The first kappa shape index (κ1) is 22.2. The number of hydrogen-bond donors (Lipinski definition) is 2. The highest BCUT2D eigenvalue weighted by Crippen LogP contribution is 2.25. The van der Waals surface area contributed by atoms with Crippen LogP contribution in [-0.4, -0.2) is 43.5 Å². The molecular formula is C23H25N7O3. The third kappa shape index (κ3) is 4.77. The molecule has 3 aromatic rings. The molecule has 1 amide bonds. The van der Waals surface area contributed by atoms with E-state index in [9.17, 15) is 14.9 Å². The first-order chi connectivity index (χ1) is 15.9. The van der Waals surface area contributed by atoms with E-state index in [0.717, 1.165) is 5.39 Å². The second kappa shape index (κ2) is 9.24. The number of amides is 1. The van der Waals surface area contributed by atoms with Crippen LogP contribution in [0.1, 0.15) is 55.5 Å². The molecule has 170 valence electrons. The maximum Gasteiger partial charge on any atom is 0.255 e. The summed E-state index contributed by atoms with van der Waals surface area (Å²) in [6.07, 6.45) is 6.98. The largest absolute Gasteiger partial charge is 0.382 e. The molecular weight excluding hydrogens is 422 g/mol. The molecule has 1 saturated carbocycles. The lowest BCUT2D eigenvalue weighted by molar-refractivity contribution is -0.526. The normalized spacial score (nSPS) is 18.1. The van der Waals surface area contributed by atoms with Crippen LogP contribution in [0.5, 0.6) is 0 Å². The predicted molar refractivity (Wildman–Crippen MR) is 123 cm³/mol. The summed E-state index contributed by atoms with van der Waals surface area (Å²) in [5, 5.41) is 27.2. The van der Waals surface area contributed by atoms with E-state index >= 15 is 0 Å². The smallest absolute Gasteiger partial charge is 0.255 e. The summed E-state index contributed by atoms with van der Waals surface area (Å²) in [5.41, 5.74) is 2.20. The van der Waals surface area contributed by atoms with Crippen LogP contribution in [0.25, 0.3) is 16.9 Å². The molecule has 1 aliphatic carbocycles. The van der Waals surface area contributed by atoms with Crippen LogP contribution in [-0.2, 0) is 0 Å². The van der Waals surface area contributed by atoms with E-state index in [1.807, 2.05) is 30.7 Å². The van der Waals surface area contributed by atoms with Gasteiger partial charge >= 0.3 is 0 Å². The minimum atomic E-state index is -0.522. The molecule has 3 heterocycles. The molecule has 3 aromatic heterocycles. The van der Waals surface area contributed by atoms with Gasteiger partial charge in [-0.05, 0) is 38.8 Å². The highest BCUT2D eigenvalue weighted by molar-refractivity contribution is 5.99. The average Bonchev–Trinajstić information content (AvgIpc) is 3.22. The second-order valence-electron chi connectivity index (χ2n) is 8.59. The predicted octanol–water partition coefficient (Wildman–Crippen LogP) is 3.43. The molecule has 0 saturated heterocycles. The summed E-state index contributed by atoms with van der Waals surface area (Å²) in [5.74, 6) is 0.337. The Morgan fingerprint density at radius 3 is 2.67 bits per heavy atom. The van der Waals surface area contributed by atoms with Crippen molar-refractivity contribution < 1.29 is 9.72 Å². The molecule has 33 heavy (non-hydrogen) atoms. The molecule has 2 N–H and O–H groups in total. The lowest BCUT2D eigenvalue weighted by Crippen LogP contribution is -2.40. The van der Waals surface area contributed by atoms with Gasteiger partial charge in [0, 0.05) is 59.9 Å². The molecule has 1 fully saturated rings. The topological polar surface area (TPSA) is 139 Å². The molecule has 0 bridgehead atoms. The van der Waals surface area contributed by atoms with Crippen molar-refractivity contribution >= 4 is 22.6 Å². The SMILES string of the molecule is CC(C)Nc1cc(-n2ccc3cc(C#N)cnc32)ncc1C(=O)NC1CCC([N+](=O)[O-])CC1. The minimum absolute atomic E-state index is 0.0834. The van der Waals surface area contributed by atoms with Crippen LogP contribution in [0.2, 0.25) is 0 Å². The molecule has 0 radical (unpaired) electrons. The van der Waals surface area contributed by atoms with Crippen molar-refractivity contribution in [2.24, 2.45) is 0 Å². The zero-order valence-electron chi connectivity index (χ0n) is 18.5. The Morgan fingerprint density at radius 2 is 2.00 bits per heavy atom. The van der Waals surface area contributed by atoms with E-state index in [2.05, 4.69) is 26.7 Å². The zero-order chi connectivity index (χ0) is 23.5. The van der Waals surface area contributed by atoms with Gasteiger partial charge < -0.3 is 10.6 Å². The lowest BCUT2D eigenvalue weighted by Gasteiger charge is -2.25. The maximum absolute atomic E-state index is 13.0. The van der Waals surface area contributed by atoms with Crippen molar-refractivity contribution in [2.45, 2.75) is 57.7 Å². The number of carbonyl (C=O) groups excluding carboxylic acids is 1. The Kier molecular flexibility index (Phi) is 6.22. The molecule has 0 unspecified atom stereocenters. The lowest BCUT2D eigenvalue weighted by atomic mass is 9.91. The van der Waals surface area contributed by atoms with Gasteiger partial charge in [-0.2, -0.15) is 5.26 Å². The average molecular weight is 447 g/mol. The van der Waals surface area contributed by atoms with E-state index in [0.29, 0.717) is 54.0 Å². The molecule has 4 rings (SSSR count). The Morgan fingerprint density at radius 1 is 1.24 bits per heavy atom. The van der Waals surface area contributed by atoms with Crippen LogP contribution in [0.4, 0.5) is 5.69 Å². The summed E-state index contributed by atoms with van der Waals surface area (Å²) in [7, 11) is 0. The number of nitriles is 1. The Bertz CT molecular complexity index is 1240. The number of fused-ring (bicyclic) bond motifs is 1. The first-order valence-corrected chi connectivity index (χ1v) is 10.9. The summed E-state index contributed by atoms with van der Waals surface area (Å²) >= 11 is 0. The third-order valence-corrected chi connectivity index (χ3v) is 5.81. The third-order valence-electron chi connectivity index (χ3n) is 5.81. The molecule has 10 heteroatoms. The number of aromatic nitrogens is 3. The standard InChI is InChI=1S/C23H25N7O3/c1-14(2)27-20-10-21(29-8-7-16-9-15(11-24)12-26-22(16)29)25-13-19(20)23(31)28-17-3-5-18(6-4-17)30(32)33/h7-10,12-14,17-18H,3-6H2,1-2H3,(H,25,27)(H,28,31). The van der Waals surface area contributed by atoms with Gasteiger partial charge in [-0.25, -0.2) is 9.97 Å². The highest BCUT2D eigenvalue weighted by atomic mass is 16.6. The fourth-order valence-corrected chi connectivity index (χ4v) is 4.15. The van der Waals surface area contributed by atoms with Crippen molar-refractivity contribution in [3.8, 4) is 11.9 Å². The van der Waals surface area contributed by atoms with Gasteiger partial charge in [-0.3, -0.25) is 19.5 Å². The molecule has 0 aromatic carbocycles. The Hall–Kier alpha value is -4.00. The second-order valence-corrected chi connectivity index (χ2v) is 8.59. The Balaban J connectivity index is 1.59. The van der Waals surface area contributed by atoms with Crippen molar-refractivity contribution in [2.75, 3.05) is 5.32 Å². The molecule has 10 nitrogen and oxygen atoms in total. The maximum atomic E-state index is 13.0. The number of anilines is 1. The van der Waals surface area contributed by atoms with Crippen LogP contribution >= 0.6 is 0 Å². The number of rotatable bonds is 6. The molecule has 1 aliphatic rings. The quantitative estimate of drug-likeness (QED) is 0.436. The number of hydrogen-bond acceptors (Lipinski definition) is 7. The number of carbonyl (C=O) groups is 1. The van der Waals surface area contributed by atoms with Gasteiger partial charge in [0.15, 0.2) is 0 Å². The fourth-order valence-electron chi connectivity index (χ4n) is 4.15. The van der Waals surface area contributed by atoms with Gasteiger partial charge in [0.1, 0.15) is 17.5 Å². The number of pyridine rings is 2. The van der Waals surface area contributed by atoms with Gasteiger partial charge in [-0.15, -0.1) is 0 Å². The molecule has 0 aliphatic heterocycles. The summed E-state index contributed by atoms with van der Waals surface area (Å²) < 4.78 is 1.81. The number of nitro groups is 1. The number of nitrogens with zero attached hydrogens (tertiary/aromatic N) is 5. The van der Waals surface area contributed by atoms with Gasteiger partial charge in [0.2, 0.25) is 6.04 Å². The van der Waals surface area contributed by atoms with Gasteiger partial charge in [0.25, 0.3) is 5.91 Å². The van der Waals surface area contributed by atoms with E-state index in [1.54, 1.807) is 12.1 Å². The summed E-state index contributed by atoms with van der Waals surface area (Å²) in [6.45, 7) is 3.97. The Labute approximate surface area is 190 Å². The van der Waals surface area contributed by atoms with Crippen molar-refractivity contribution in [3.05, 3.63) is 58.0 Å². The monoisotopic (exact) mass is 447 g/mol. The van der Waals surface area contributed by atoms with Gasteiger partial charge in [0.05, 0.1) is 16.8 Å². The highest BCUT2D eigenvalue weighted by Gasteiger charge is 2.29. The zero-order valence-corrected chi connectivity index (χ0v) is 18.5. The molecule has 0 spiro atoms. The van der Waals surface area contributed by atoms with Crippen LogP contribution in [0.3, 0.4) is 0 Å². The van der Waals surface area contributed by atoms with Crippen molar-refractivity contribution in [1.29, 1.82) is 5.26 Å². The van der Waals surface area contributed by atoms with E-state index in [1.165, 1.54) is 12.4 Å². The van der Waals surface area contributed by atoms with Gasteiger partial charge in [-0.1, -0.05) is 0 Å². The minimum Gasteiger partial charge on any atom is -0.382 e. The summed E-state index contributed by atoms with van der Waals surface area (Å²) in [4.78, 5) is 32.7. The first-order valence-electron chi connectivity index (χ1n) is 10.9. The molecule has 0 atom stereocenters. The van der Waals surface area contributed by atoms with Crippen LogP contribution < -0.4 is 10.6 Å². The van der Waals surface area contributed by atoms with E-state index in [4.69, 9.17) is 5.26 Å². The number of nitrogens with one attached hydrogen (secondary N) is 2. The fraction of sp³-hybridized carbons (Fsp3) is 0.391. The van der Waals surface area contributed by atoms with Crippen LogP contribution in [0, 0.1) is 21.4 Å². The van der Waals surface area contributed by atoms with Crippen molar-refractivity contribution in [3.63, 3.8) is 0 Å². The van der Waals surface area contributed by atoms with E-state index < -0.39 is 6.04 Å².